The maximum Gasteiger partial charge on any atom is 0.0347 e. The van der Waals surface area contributed by atoms with Crippen molar-refractivity contribution in [2.45, 2.75) is 31.8 Å². The second-order valence-corrected chi connectivity index (χ2v) is 7.31. The van der Waals surface area contributed by atoms with Crippen molar-refractivity contribution in [2.24, 2.45) is 5.92 Å². The molecule has 2 atom stereocenters. The van der Waals surface area contributed by atoms with Gasteiger partial charge in [-0.25, -0.2) is 0 Å². The van der Waals surface area contributed by atoms with Crippen molar-refractivity contribution in [3.8, 4) is 0 Å². The average Bonchev–Trinajstić information content (AvgIpc) is 2.62. The van der Waals surface area contributed by atoms with Gasteiger partial charge in [0, 0.05) is 12.6 Å². The monoisotopic (exact) mass is 322 g/mol. The molecule has 2 unspecified atom stereocenters. The second-order valence-electron chi connectivity index (χ2n) is 7.31. The van der Waals surface area contributed by atoms with Gasteiger partial charge in [0.25, 0.3) is 0 Å². The van der Waals surface area contributed by atoms with E-state index < -0.39 is 0 Å². The van der Waals surface area contributed by atoms with Crippen LogP contribution in [0.4, 0.5) is 0 Å². The Morgan fingerprint density at radius 1 is 1.00 bits per heavy atom. The van der Waals surface area contributed by atoms with Gasteiger partial charge >= 0.3 is 0 Å². The van der Waals surface area contributed by atoms with Gasteiger partial charge in [-0.05, 0) is 63.5 Å². The molecule has 0 saturated carbocycles. The molecule has 0 radical (unpaired) electrons. The van der Waals surface area contributed by atoms with E-state index in [0.717, 1.165) is 12.5 Å². The Balaban J connectivity index is 1.50. The van der Waals surface area contributed by atoms with Crippen LogP contribution < -0.4 is 0 Å². The van der Waals surface area contributed by atoms with Crippen molar-refractivity contribution in [3.05, 3.63) is 71.8 Å². The smallest absolute Gasteiger partial charge is 0.0347 e. The Labute approximate surface area is 147 Å². The number of benzene rings is 2. The predicted molar refractivity (Wildman–Crippen MR) is 102 cm³/mol. The van der Waals surface area contributed by atoms with Crippen molar-refractivity contribution in [2.75, 3.05) is 27.2 Å². The highest BCUT2D eigenvalue weighted by Crippen LogP contribution is 2.34. The summed E-state index contributed by atoms with van der Waals surface area (Å²) in [5, 5.41) is 0. The van der Waals surface area contributed by atoms with E-state index >= 15 is 0 Å². The van der Waals surface area contributed by atoms with Crippen LogP contribution in [0.2, 0.25) is 0 Å². The van der Waals surface area contributed by atoms with Crippen LogP contribution in [0, 0.1) is 5.92 Å². The van der Waals surface area contributed by atoms with Gasteiger partial charge in [0.15, 0.2) is 0 Å². The fourth-order valence-electron chi connectivity index (χ4n) is 3.86. The van der Waals surface area contributed by atoms with Crippen molar-refractivity contribution >= 4 is 0 Å². The fraction of sp³-hybridized carbons (Fsp3) is 0.455. The van der Waals surface area contributed by atoms with E-state index in [9.17, 15) is 0 Å². The summed E-state index contributed by atoms with van der Waals surface area (Å²) in [6, 6.07) is 22.4. The van der Waals surface area contributed by atoms with Gasteiger partial charge in [0.1, 0.15) is 0 Å². The molecular weight excluding hydrogens is 292 g/mol. The standard InChI is InChI=1S/C22H30N2/c1-23(18-20-9-5-3-6-10-20)15-13-19-14-16-24(2)22(17-19)21-11-7-4-8-12-21/h3-12,19,22H,13-18H2,1-2H3. The summed E-state index contributed by atoms with van der Waals surface area (Å²) in [7, 11) is 4.52. The van der Waals surface area contributed by atoms with Crippen molar-refractivity contribution in [1.29, 1.82) is 0 Å². The summed E-state index contributed by atoms with van der Waals surface area (Å²) in [6.07, 6.45) is 3.93. The Morgan fingerprint density at radius 2 is 1.67 bits per heavy atom. The number of piperidine rings is 1. The number of rotatable bonds is 6. The third-order valence-corrected chi connectivity index (χ3v) is 5.38. The van der Waals surface area contributed by atoms with Gasteiger partial charge in [-0.3, -0.25) is 4.90 Å². The van der Waals surface area contributed by atoms with Gasteiger partial charge in [-0.15, -0.1) is 0 Å². The summed E-state index contributed by atoms with van der Waals surface area (Å²) >= 11 is 0. The lowest BCUT2D eigenvalue weighted by atomic mass is 9.85. The van der Waals surface area contributed by atoms with Crippen LogP contribution >= 0.6 is 0 Å². The predicted octanol–water partition coefficient (Wildman–Crippen LogP) is 4.59. The largest absolute Gasteiger partial charge is 0.302 e. The molecule has 1 heterocycles. The summed E-state index contributed by atoms with van der Waals surface area (Å²) in [6.45, 7) is 3.45. The first kappa shape index (κ1) is 17.2. The molecule has 0 spiro atoms. The van der Waals surface area contributed by atoms with E-state index in [0.29, 0.717) is 6.04 Å². The van der Waals surface area contributed by atoms with E-state index in [1.165, 1.54) is 43.5 Å². The van der Waals surface area contributed by atoms with Crippen LogP contribution in [-0.4, -0.2) is 37.0 Å². The van der Waals surface area contributed by atoms with Crippen LogP contribution in [-0.2, 0) is 6.54 Å². The van der Waals surface area contributed by atoms with E-state index in [2.05, 4.69) is 84.6 Å². The molecule has 24 heavy (non-hydrogen) atoms. The zero-order valence-electron chi connectivity index (χ0n) is 15.1. The van der Waals surface area contributed by atoms with E-state index in [4.69, 9.17) is 0 Å². The molecule has 1 fully saturated rings. The van der Waals surface area contributed by atoms with E-state index in [1.54, 1.807) is 0 Å². The summed E-state index contributed by atoms with van der Waals surface area (Å²) in [5.74, 6) is 0.838. The molecule has 1 aliphatic heterocycles. The number of likely N-dealkylation sites (tertiary alicyclic amines) is 1. The molecule has 0 bridgehead atoms. The molecule has 2 aromatic carbocycles. The zero-order chi connectivity index (χ0) is 16.8. The number of hydrogen-bond donors (Lipinski definition) is 0. The van der Waals surface area contributed by atoms with Gasteiger partial charge in [-0.1, -0.05) is 60.7 Å². The lowest BCUT2D eigenvalue weighted by Gasteiger charge is -2.38. The summed E-state index contributed by atoms with van der Waals surface area (Å²) in [4.78, 5) is 4.99. The fourth-order valence-corrected chi connectivity index (χ4v) is 3.86. The summed E-state index contributed by atoms with van der Waals surface area (Å²) < 4.78 is 0. The van der Waals surface area contributed by atoms with Crippen molar-refractivity contribution in [3.63, 3.8) is 0 Å². The van der Waals surface area contributed by atoms with E-state index in [-0.39, 0.29) is 0 Å². The summed E-state index contributed by atoms with van der Waals surface area (Å²) in [5.41, 5.74) is 2.88. The first-order valence-electron chi connectivity index (χ1n) is 9.20. The minimum Gasteiger partial charge on any atom is -0.302 e. The van der Waals surface area contributed by atoms with Gasteiger partial charge < -0.3 is 4.90 Å². The molecule has 2 heteroatoms. The van der Waals surface area contributed by atoms with Gasteiger partial charge in [-0.2, -0.15) is 0 Å². The normalized spacial score (nSPS) is 22.0. The van der Waals surface area contributed by atoms with Crippen LogP contribution in [0.15, 0.2) is 60.7 Å². The highest BCUT2D eigenvalue weighted by molar-refractivity contribution is 5.19. The SMILES string of the molecule is CN(CCC1CCN(C)C(c2ccccc2)C1)Cc1ccccc1. The third-order valence-electron chi connectivity index (χ3n) is 5.38. The van der Waals surface area contributed by atoms with Gasteiger partial charge in [0.05, 0.1) is 0 Å². The lowest BCUT2D eigenvalue weighted by molar-refractivity contribution is 0.130. The molecule has 0 amide bonds. The molecule has 2 nitrogen and oxygen atoms in total. The molecular formula is C22H30N2. The highest BCUT2D eigenvalue weighted by atomic mass is 15.1. The quantitative estimate of drug-likeness (QED) is 0.767. The van der Waals surface area contributed by atoms with Crippen LogP contribution in [0.1, 0.15) is 36.4 Å². The minimum absolute atomic E-state index is 0.587. The van der Waals surface area contributed by atoms with Gasteiger partial charge in [0.2, 0.25) is 0 Å². The average molecular weight is 322 g/mol. The third kappa shape index (κ3) is 4.68. The molecule has 3 rings (SSSR count). The van der Waals surface area contributed by atoms with Crippen molar-refractivity contribution in [1.82, 2.24) is 9.80 Å². The first-order valence-corrected chi connectivity index (χ1v) is 9.20. The molecule has 128 valence electrons. The zero-order valence-corrected chi connectivity index (χ0v) is 15.1. The molecule has 0 N–H and O–H groups in total. The van der Waals surface area contributed by atoms with Crippen LogP contribution in [0.25, 0.3) is 0 Å². The Hall–Kier alpha value is -1.64. The molecule has 0 aliphatic carbocycles. The Morgan fingerprint density at radius 3 is 2.38 bits per heavy atom. The topological polar surface area (TPSA) is 6.48 Å². The Kier molecular flexibility index (Phi) is 6.06. The van der Waals surface area contributed by atoms with Crippen molar-refractivity contribution < 1.29 is 0 Å². The van der Waals surface area contributed by atoms with Crippen LogP contribution in [0.5, 0.6) is 0 Å². The molecule has 1 aliphatic rings. The number of hydrogen-bond acceptors (Lipinski definition) is 2. The lowest BCUT2D eigenvalue weighted by Crippen LogP contribution is -2.35. The molecule has 1 saturated heterocycles. The number of nitrogens with zero attached hydrogens (tertiary/aromatic N) is 2. The first-order chi connectivity index (χ1) is 11.7. The molecule has 2 aromatic rings. The van der Waals surface area contributed by atoms with E-state index in [1.807, 2.05) is 0 Å². The van der Waals surface area contributed by atoms with Crippen LogP contribution in [0.3, 0.4) is 0 Å². The highest BCUT2D eigenvalue weighted by Gasteiger charge is 2.27. The Bertz CT molecular complexity index is 596. The maximum atomic E-state index is 2.53. The second kappa shape index (κ2) is 8.46. The minimum atomic E-state index is 0.587. The maximum absolute atomic E-state index is 2.53. The molecule has 0 aromatic heterocycles.